The Morgan fingerprint density at radius 1 is 0.282 bits per heavy atom. The zero-order valence-electron chi connectivity index (χ0n) is 21.7. The molecule has 0 aliphatic carbocycles. The lowest BCUT2D eigenvalue weighted by Gasteiger charge is -2.25. The Hall–Kier alpha value is -5.14. The SMILES string of the molecule is C(=Cc1ccc(N(c2ccccc2)c2ccccc2)cc1)c1ccc(-c2ccc(-c3ccccc3)cc2)cc1. The van der Waals surface area contributed by atoms with Crippen molar-refractivity contribution in [3.8, 4) is 22.3 Å². The molecule has 0 bridgehead atoms. The van der Waals surface area contributed by atoms with E-state index in [1.807, 2.05) is 6.07 Å². The van der Waals surface area contributed by atoms with Crippen LogP contribution < -0.4 is 4.90 Å². The summed E-state index contributed by atoms with van der Waals surface area (Å²) in [5.41, 5.74) is 10.7. The smallest absolute Gasteiger partial charge is 0.0462 e. The molecule has 0 aliphatic heterocycles. The Kier molecular flexibility index (Phi) is 7.14. The van der Waals surface area contributed by atoms with E-state index in [0.29, 0.717) is 0 Å². The zero-order valence-corrected chi connectivity index (χ0v) is 21.7. The van der Waals surface area contributed by atoms with Crippen LogP contribution in [0.5, 0.6) is 0 Å². The minimum Gasteiger partial charge on any atom is -0.311 e. The third kappa shape index (κ3) is 5.74. The van der Waals surface area contributed by atoms with Gasteiger partial charge in [-0.25, -0.2) is 0 Å². The summed E-state index contributed by atoms with van der Waals surface area (Å²) in [5.74, 6) is 0. The third-order valence-electron chi connectivity index (χ3n) is 6.88. The van der Waals surface area contributed by atoms with Gasteiger partial charge in [-0.05, 0) is 69.8 Å². The number of rotatable bonds is 7. The summed E-state index contributed by atoms with van der Waals surface area (Å²) in [7, 11) is 0. The van der Waals surface area contributed by atoms with Gasteiger partial charge in [-0.1, -0.05) is 140 Å². The van der Waals surface area contributed by atoms with Crippen LogP contribution >= 0.6 is 0 Å². The summed E-state index contributed by atoms with van der Waals surface area (Å²) >= 11 is 0. The number of para-hydroxylation sites is 2. The fourth-order valence-corrected chi connectivity index (χ4v) is 4.80. The standard InChI is InChI=1S/C38H29N/c1-4-10-32(11-5-1)34-24-26-35(27-25-34)33-22-18-30(19-23-33)16-17-31-20-28-38(29-21-31)39(36-12-6-2-7-13-36)37-14-8-3-9-15-37/h1-29H. The van der Waals surface area contributed by atoms with Crippen molar-refractivity contribution in [2.24, 2.45) is 0 Å². The molecule has 0 atom stereocenters. The Balaban J connectivity index is 1.16. The molecule has 0 spiro atoms. The van der Waals surface area contributed by atoms with E-state index in [1.165, 1.54) is 33.4 Å². The Morgan fingerprint density at radius 3 is 1.03 bits per heavy atom. The first kappa shape index (κ1) is 24.2. The highest BCUT2D eigenvalue weighted by Gasteiger charge is 2.11. The lowest BCUT2D eigenvalue weighted by molar-refractivity contribution is 1.28. The van der Waals surface area contributed by atoms with E-state index >= 15 is 0 Å². The minimum atomic E-state index is 1.13. The summed E-state index contributed by atoms with van der Waals surface area (Å²) in [4.78, 5) is 2.28. The highest BCUT2D eigenvalue weighted by molar-refractivity contribution is 5.78. The van der Waals surface area contributed by atoms with Crippen molar-refractivity contribution in [2.45, 2.75) is 0 Å². The van der Waals surface area contributed by atoms with E-state index in [4.69, 9.17) is 0 Å². The maximum absolute atomic E-state index is 2.28. The lowest BCUT2D eigenvalue weighted by atomic mass is 9.99. The van der Waals surface area contributed by atoms with E-state index in [0.717, 1.165) is 17.1 Å². The summed E-state index contributed by atoms with van der Waals surface area (Å²) < 4.78 is 0. The fourth-order valence-electron chi connectivity index (χ4n) is 4.80. The molecule has 0 saturated heterocycles. The van der Waals surface area contributed by atoms with E-state index in [2.05, 4.69) is 175 Å². The first-order valence-electron chi connectivity index (χ1n) is 13.3. The normalized spacial score (nSPS) is 11.0. The summed E-state index contributed by atoms with van der Waals surface area (Å²) in [6, 6.07) is 57.7. The van der Waals surface area contributed by atoms with Gasteiger partial charge in [-0.15, -0.1) is 0 Å². The van der Waals surface area contributed by atoms with Crippen LogP contribution in [0.4, 0.5) is 17.1 Å². The topological polar surface area (TPSA) is 3.24 Å². The molecular weight excluding hydrogens is 470 g/mol. The summed E-state index contributed by atoms with van der Waals surface area (Å²) in [6.07, 6.45) is 4.34. The molecule has 0 heterocycles. The van der Waals surface area contributed by atoms with Gasteiger partial charge < -0.3 is 4.90 Å². The molecule has 0 fully saturated rings. The van der Waals surface area contributed by atoms with Crippen LogP contribution in [0, 0.1) is 0 Å². The summed E-state index contributed by atoms with van der Waals surface area (Å²) in [6.45, 7) is 0. The molecule has 6 aromatic carbocycles. The highest BCUT2D eigenvalue weighted by Crippen LogP contribution is 2.34. The van der Waals surface area contributed by atoms with Crippen LogP contribution in [-0.2, 0) is 0 Å². The number of benzene rings is 6. The molecule has 0 amide bonds. The minimum absolute atomic E-state index is 1.13. The molecule has 0 radical (unpaired) electrons. The van der Waals surface area contributed by atoms with E-state index < -0.39 is 0 Å². The first-order valence-corrected chi connectivity index (χ1v) is 13.3. The maximum atomic E-state index is 2.28. The van der Waals surface area contributed by atoms with Crippen molar-refractivity contribution in [2.75, 3.05) is 4.90 Å². The Labute approximate surface area is 231 Å². The second-order valence-electron chi connectivity index (χ2n) is 9.50. The Bertz CT molecular complexity index is 1590. The van der Waals surface area contributed by atoms with Crippen molar-refractivity contribution in [3.05, 3.63) is 175 Å². The van der Waals surface area contributed by atoms with Crippen LogP contribution in [-0.4, -0.2) is 0 Å². The van der Waals surface area contributed by atoms with Gasteiger partial charge >= 0.3 is 0 Å². The van der Waals surface area contributed by atoms with Crippen molar-refractivity contribution >= 4 is 29.2 Å². The summed E-state index contributed by atoms with van der Waals surface area (Å²) in [5, 5.41) is 0. The molecule has 1 nitrogen and oxygen atoms in total. The van der Waals surface area contributed by atoms with E-state index in [-0.39, 0.29) is 0 Å². The monoisotopic (exact) mass is 499 g/mol. The van der Waals surface area contributed by atoms with Crippen molar-refractivity contribution in [1.82, 2.24) is 0 Å². The van der Waals surface area contributed by atoms with Crippen molar-refractivity contribution < 1.29 is 0 Å². The largest absolute Gasteiger partial charge is 0.311 e. The molecule has 6 aromatic rings. The van der Waals surface area contributed by atoms with Gasteiger partial charge in [0.25, 0.3) is 0 Å². The predicted octanol–water partition coefficient (Wildman–Crippen LogP) is 10.7. The fraction of sp³-hybridized carbons (Fsp3) is 0. The van der Waals surface area contributed by atoms with Gasteiger partial charge in [0, 0.05) is 17.1 Å². The highest BCUT2D eigenvalue weighted by atomic mass is 15.1. The number of nitrogens with zero attached hydrogens (tertiary/aromatic N) is 1. The molecule has 0 aliphatic rings. The molecule has 0 N–H and O–H groups in total. The maximum Gasteiger partial charge on any atom is 0.0462 e. The molecule has 39 heavy (non-hydrogen) atoms. The molecule has 1 heteroatoms. The average molecular weight is 500 g/mol. The van der Waals surface area contributed by atoms with Crippen molar-refractivity contribution in [3.63, 3.8) is 0 Å². The Morgan fingerprint density at radius 2 is 0.590 bits per heavy atom. The number of hydrogen-bond donors (Lipinski definition) is 0. The predicted molar refractivity (Wildman–Crippen MR) is 167 cm³/mol. The molecular formula is C38H29N. The second kappa shape index (κ2) is 11.5. The van der Waals surface area contributed by atoms with Gasteiger partial charge in [0.05, 0.1) is 0 Å². The van der Waals surface area contributed by atoms with Gasteiger partial charge in [0.1, 0.15) is 0 Å². The van der Waals surface area contributed by atoms with Crippen LogP contribution in [0.3, 0.4) is 0 Å². The number of hydrogen-bond acceptors (Lipinski definition) is 1. The molecule has 0 saturated carbocycles. The van der Waals surface area contributed by atoms with Gasteiger partial charge in [0.2, 0.25) is 0 Å². The first-order chi connectivity index (χ1) is 19.3. The third-order valence-corrected chi connectivity index (χ3v) is 6.88. The second-order valence-corrected chi connectivity index (χ2v) is 9.50. The van der Waals surface area contributed by atoms with Crippen LogP contribution in [0.15, 0.2) is 164 Å². The van der Waals surface area contributed by atoms with Crippen LogP contribution in [0.25, 0.3) is 34.4 Å². The van der Waals surface area contributed by atoms with E-state index in [1.54, 1.807) is 0 Å². The van der Waals surface area contributed by atoms with Crippen LogP contribution in [0.1, 0.15) is 11.1 Å². The quantitative estimate of drug-likeness (QED) is 0.197. The zero-order chi connectivity index (χ0) is 26.3. The number of anilines is 3. The molecule has 6 rings (SSSR count). The van der Waals surface area contributed by atoms with Gasteiger partial charge in [0.15, 0.2) is 0 Å². The molecule has 186 valence electrons. The van der Waals surface area contributed by atoms with Gasteiger partial charge in [-0.3, -0.25) is 0 Å². The molecule has 0 aromatic heterocycles. The van der Waals surface area contributed by atoms with Crippen molar-refractivity contribution in [1.29, 1.82) is 0 Å². The molecule has 0 unspecified atom stereocenters. The van der Waals surface area contributed by atoms with Crippen LogP contribution in [0.2, 0.25) is 0 Å². The average Bonchev–Trinajstić information content (AvgIpc) is 3.03. The van der Waals surface area contributed by atoms with E-state index in [9.17, 15) is 0 Å². The van der Waals surface area contributed by atoms with Gasteiger partial charge in [-0.2, -0.15) is 0 Å². The lowest BCUT2D eigenvalue weighted by Crippen LogP contribution is -2.09.